The van der Waals surface area contributed by atoms with E-state index in [2.05, 4.69) is 5.10 Å². The van der Waals surface area contributed by atoms with Gasteiger partial charge in [0.1, 0.15) is 0 Å². The Morgan fingerprint density at radius 1 is 1.58 bits per heavy atom. The van der Waals surface area contributed by atoms with E-state index in [1.54, 1.807) is 6.92 Å². The van der Waals surface area contributed by atoms with Gasteiger partial charge in [-0.05, 0) is 12.1 Å². The van der Waals surface area contributed by atoms with Crippen molar-refractivity contribution in [3.8, 4) is 0 Å². The van der Waals surface area contributed by atoms with E-state index >= 15 is 0 Å². The lowest BCUT2D eigenvalue weighted by Gasteiger charge is -2.08. The normalized spacial score (nSPS) is 14.4. The summed E-state index contributed by atoms with van der Waals surface area (Å²) in [6.45, 7) is 2.20. The van der Waals surface area contributed by atoms with Crippen LogP contribution in [0.3, 0.4) is 0 Å². The first-order valence-corrected chi connectivity index (χ1v) is 6.23. The first-order chi connectivity index (χ1) is 9.02. The van der Waals surface area contributed by atoms with Gasteiger partial charge in [-0.1, -0.05) is 18.5 Å². The molecule has 1 heterocycles. The number of hydrogen-bond acceptors (Lipinski definition) is 4. The quantitative estimate of drug-likeness (QED) is 0.631. The highest BCUT2D eigenvalue weighted by Crippen LogP contribution is 2.26. The van der Waals surface area contributed by atoms with Crippen molar-refractivity contribution < 1.29 is 9.72 Å². The van der Waals surface area contributed by atoms with Crippen molar-refractivity contribution in [2.24, 2.45) is 5.10 Å². The fourth-order valence-electron chi connectivity index (χ4n) is 1.91. The van der Waals surface area contributed by atoms with Gasteiger partial charge in [-0.15, -0.1) is 0 Å². The lowest BCUT2D eigenvalue weighted by molar-refractivity contribution is -0.385. The molecular formula is C12H12ClN3O3. The third-order valence-electron chi connectivity index (χ3n) is 2.86. The molecule has 0 spiro atoms. The molecule has 0 atom stereocenters. The summed E-state index contributed by atoms with van der Waals surface area (Å²) in [6, 6.07) is 4.33. The molecule has 0 unspecified atom stereocenters. The number of amides is 1. The van der Waals surface area contributed by atoms with Gasteiger partial charge in [0.05, 0.1) is 22.7 Å². The average molecular weight is 282 g/mol. The molecule has 1 aromatic carbocycles. The molecule has 0 aromatic heterocycles. The highest BCUT2D eigenvalue weighted by Gasteiger charge is 2.25. The van der Waals surface area contributed by atoms with Crippen LogP contribution in [0.1, 0.15) is 25.3 Å². The molecular weight excluding hydrogens is 270 g/mol. The van der Waals surface area contributed by atoms with Crippen molar-refractivity contribution in [3.63, 3.8) is 0 Å². The number of benzene rings is 1. The van der Waals surface area contributed by atoms with E-state index in [0.29, 0.717) is 35.7 Å². The lowest BCUT2D eigenvalue weighted by atomic mass is 10.1. The van der Waals surface area contributed by atoms with Crippen LogP contribution in [0.25, 0.3) is 0 Å². The van der Waals surface area contributed by atoms with Crippen LogP contribution in [0.2, 0.25) is 5.02 Å². The van der Waals surface area contributed by atoms with E-state index in [9.17, 15) is 14.9 Å². The van der Waals surface area contributed by atoms with E-state index in [1.165, 1.54) is 23.2 Å². The molecule has 0 bridgehead atoms. The zero-order valence-electron chi connectivity index (χ0n) is 10.3. The highest BCUT2D eigenvalue weighted by atomic mass is 35.5. The van der Waals surface area contributed by atoms with Crippen LogP contribution in [0.4, 0.5) is 5.69 Å². The second-order valence-corrected chi connectivity index (χ2v) is 4.52. The van der Waals surface area contributed by atoms with Gasteiger partial charge in [0.15, 0.2) is 0 Å². The fourth-order valence-corrected chi connectivity index (χ4v) is 2.08. The maximum atomic E-state index is 11.5. The van der Waals surface area contributed by atoms with Crippen LogP contribution in [-0.4, -0.2) is 28.1 Å². The minimum atomic E-state index is -0.474. The monoisotopic (exact) mass is 281 g/mol. The molecule has 0 radical (unpaired) electrons. The van der Waals surface area contributed by atoms with E-state index in [-0.39, 0.29) is 11.6 Å². The molecule has 100 valence electrons. The predicted molar refractivity (Wildman–Crippen MR) is 71.3 cm³/mol. The van der Waals surface area contributed by atoms with E-state index in [0.717, 1.165) is 0 Å². The molecule has 0 N–H and O–H groups in total. The Bertz CT molecular complexity index is 571. The molecule has 1 aromatic rings. The standard InChI is InChI=1S/C12H12ClN3O3/c1-2-12(17)15-6-5-10(14-15)9-7-8(13)3-4-11(9)16(18)19/h3-4,7H,2,5-6H2,1H3. The average Bonchev–Trinajstić information content (AvgIpc) is 2.86. The van der Waals surface area contributed by atoms with Crippen molar-refractivity contribution in [2.75, 3.05) is 6.54 Å². The largest absolute Gasteiger partial charge is 0.278 e. The molecule has 0 saturated carbocycles. The number of carbonyl (C=O) groups excluding carboxylic acids is 1. The number of rotatable bonds is 3. The first-order valence-electron chi connectivity index (χ1n) is 5.85. The van der Waals surface area contributed by atoms with Gasteiger partial charge in [-0.25, -0.2) is 5.01 Å². The smallest absolute Gasteiger partial charge is 0.273 e. The van der Waals surface area contributed by atoms with E-state index in [4.69, 9.17) is 11.6 Å². The van der Waals surface area contributed by atoms with Crippen molar-refractivity contribution in [2.45, 2.75) is 19.8 Å². The number of halogens is 1. The molecule has 1 aliphatic rings. The zero-order chi connectivity index (χ0) is 14.0. The van der Waals surface area contributed by atoms with Gasteiger partial charge in [-0.2, -0.15) is 5.10 Å². The van der Waals surface area contributed by atoms with Gasteiger partial charge >= 0.3 is 0 Å². The topological polar surface area (TPSA) is 75.8 Å². The molecule has 0 saturated heterocycles. The summed E-state index contributed by atoms with van der Waals surface area (Å²) in [4.78, 5) is 22.1. The second kappa shape index (κ2) is 5.36. The number of nitrogens with zero attached hydrogens (tertiary/aromatic N) is 3. The maximum Gasteiger partial charge on any atom is 0.278 e. The molecule has 7 heteroatoms. The van der Waals surface area contributed by atoms with Crippen LogP contribution in [-0.2, 0) is 4.79 Å². The van der Waals surface area contributed by atoms with E-state index < -0.39 is 4.92 Å². The Morgan fingerprint density at radius 3 is 2.95 bits per heavy atom. The van der Waals surface area contributed by atoms with Gasteiger partial charge in [-0.3, -0.25) is 14.9 Å². The van der Waals surface area contributed by atoms with Crippen LogP contribution in [0.15, 0.2) is 23.3 Å². The van der Waals surface area contributed by atoms with Gasteiger partial charge in [0.2, 0.25) is 5.91 Å². The number of hydrazone groups is 1. The van der Waals surface area contributed by atoms with Crippen LogP contribution >= 0.6 is 11.6 Å². The summed E-state index contributed by atoms with van der Waals surface area (Å²) in [5.74, 6) is -0.0975. The summed E-state index contributed by atoms with van der Waals surface area (Å²) in [6.07, 6.45) is 0.849. The van der Waals surface area contributed by atoms with Crippen molar-refractivity contribution >= 4 is 28.9 Å². The first kappa shape index (κ1) is 13.5. The Kier molecular flexibility index (Phi) is 3.80. The lowest BCUT2D eigenvalue weighted by Crippen LogP contribution is -2.21. The van der Waals surface area contributed by atoms with Crippen molar-refractivity contribution in [1.82, 2.24) is 5.01 Å². The zero-order valence-corrected chi connectivity index (χ0v) is 11.1. The molecule has 1 aliphatic heterocycles. The molecule has 2 rings (SSSR count). The third kappa shape index (κ3) is 2.73. The number of nitro benzene ring substituents is 1. The molecule has 1 amide bonds. The fraction of sp³-hybridized carbons (Fsp3) is 0.333. The number of hydrogen-bond donors (Lipinski definition) is 0. The summed E-state index contributed by atoms with van der Waals surface area (Å²) < 4.78 is 0. The van der Waals surface area contributed by atoms with Crippen LogP contribution < -0.4 is 0 Å². The third-order valence-corrected chi connectivity index (χ3v) is 3.09. The van der Waals surface area contributed by atoms with Crippen LogP contribution in [0.5, 0.6) is 0 Å². The molecule has 0 fully saturated rings. The predicted octanol–water partition coefficient (Wildman–Crippen LogP) is 2.59. The number of carbonyl (C=O) groups is 1. The Balaban J connectivity index is 2.40. The summed E-state index contributed by atoms with van der Waals surface area (Å²) in [5.41, 5.74) is 0.855. The Hall–Kier alpha value is -1.95. The highest BCUT2D eigenvalue weighted by molar-refractivity contribution is 6.31. The van der Waals surface area contributed by atoms with Gasteiger partial charge < -0.3 is 0 Å². The second-order valence-electron chi connectivity index (χ2n) is 4.09. The summed E-state index contributed by atoms with van der Waals surface area (Å²) in [7, 11) is 0. The minimum absolute atomic E-state index is 0.0473. The van der Waals surface area contributed by atoms with E-state index in [1.807, 2.05) is 0 Å². The summed E-state index contributed by atoms with van der Waals surface area (Å²) in [5, 5.41) is 16.9. The summed E-state index contributed by atoms with van der Waals surface area (Å²) >= 11 is 5.87. The molecule has 0 aliphatic carbocycles. The van der Waals surface area contributed by atoms with Crippen molar-refractivity contribution in [3.05, 3.63) is 38.9 Å². The Labute approximate surface area is 114 Å². The Morgan fingerprint density at radius 2 is 2.32 bits per heavy atom. The number of nitro groups is 1. The minimum Gasteiger partial charge on any atom is -0.273 e. The molecule has 6 nitrogen and oxygen atoms in total. The molecule has 19 heavy (non-hydrogen) atoms. The van der Waals surface area contributed by atoms with Gasteiger partial charge in [0, 0.05) is 23.9 Å². The maximum absolute atomic E-state index is 11.5. The van der Waals surface area contributed by atoms with Crippen molar-refractivity contribution in [1.29, 1.82) is 0 Å². The SMILES string of the molecule is CCC(=O)N1CCC(c2cc(Cl)ccc2[N+](=O)[O-])=N1. The van der Waals surface area contributed by atoms with Gasteiger partial charge in [0.25, 0.3) is 5.69 Å². The van der Waals surface area contributed by atoms with Crippen LogP contribution in [0, 0.1) is 10.1 Å².